The highest BCUT2D eigenvalue weighted by Crippen LogP contribution is 2.66. The van der Waals surface area contributed by atoms with Gasteiger partial charge in [-0.15, -0.1) is 0 Å². The molecule has 0 amide bonds. The molecular weight excluding hydrogens is 712 g/mol. The summed E-state index contributed by atoms with van der Waals surface area (Å²) in [6.45, 7) is 10.9. The van der Waals surface area contributed by atoms with Gasteiger partial charge in [0.1, 0.15) is 0 Å². The van der Waals surface area contributed by atoms with Crippen molar-refractivity contribution in [3.63, 3.8) is 0 Å². The lowest BCUT2D eigenvalue weighted by atomic mass is 9.42. The number of esters is 4. The Morgan fingerprint density at radius 2 is 1.54 bits per heavy atom. The smallest absolute Gasteiger partial charge is 0.317 e. The number of hydrogen-bond acceptors (Lipinski definition) is 8. The number of carboxylic acids is 2. The molecule has 0 spiro atoms. The van der Waals surface area contributed by atoms with E-state index in [1.807, 2.05) is 6.92 Å². The normalized spacial score (nSPS) is 35.6. The molecule has 5 rings (SSSR count). The third-order valence-corrected chi connectivity index (χ3v) is 15.6. The third-order valence-electron chi connectivity index (χ3n) is 15.6. The highest BCUT2D eigenvalue weighted by Gasteiger charge is 2.63. The number of carboxylic acid groups (broad SMARTS) is 2. The summed E-state index contributed by atoms with van der Waals surface area (Å²) in [4.78, 5) is 76.9. The molecule has 2 heterocycles. The summed E-state index contributed by atoms with van der Waals surface area (Å²) in [5, 5.41) is 19.6. The molecule has 2 N–H and O–H groups in total. The highest BCUT2D eigenvalue weighted by atomic mass is 16.6. The highest BCUT2D eigenvalue weighted by molar-refractivity contribution is 5.97. The number of carbonyl (C=O) groups is 6. The largest absolute Gasteiger partial charge is 0.481 e. The van der Waals surface area contributed by atoms with Gasteiger partial charge in [-0.1, -0.05) is 91.2 Å². The van der Waals surface area contributed by atoms with Crippen molar-refractivity contribution in [1.82, 2.24) is 0 Å². The van der Waals surface area contributed by atoms with Crippen LogP contribution in [-0.4, -0.2) is 46.0 Å². The maximum Gasteiger partial charge on any atom is 0.317 e. The lowest BCUT2D eigenvalue weighted by Crippen LogP contribution is -2.58. The fraction of sp³-hybridized carbons (Fsp3) is 0.826. The molecular formula is C46H70O10. The first kappa shape index (κ1) is 44.1. The molecule has 2 aliphatic heterocycles. The Hall–Kier alpha value is -3.04. The Kier molecular flexibility index (Phi) is 15.1. The molecule has 2 saturated heterocycles. The van der Waals surface area contributed by atoms with Gasteiger partial charge in [-0.25, -0.2) is 0 Å². The second kappa shape index (κ2) is 19.1. The van der Waals surface area contributed by atoms with Gasteiger partial charge in [-0.05, 0) is 124 Å². The number of aliphatic carboxylic acids is 2. The first-order valence-corrected chi connectivity index (χ1v) is 22.3. The lowest BCUT2D eigenvalue weighted by molar-refractivity contribution is -0.178. The van der Waals surface area contributed by atoms with Crippen molar-refractivity contribution in [3.8, 4) is 0 Å². The van der Waals surface area contributed by atoms with Crippen LogP contribution in [0.15, 0.2) is 12.2 Å². The molecule has 0 aromatic carbocycles. The molecule has 0 bridgehead atoms. The summed E-state index contributed by atoms with van der Waals surface area (Å²) >= 11 is 0. The molecule has 3 aliphatic carbocycles. The molecule has 12 unspecified atom stereocenters. The van der Waals surface area contributed by atoms with Gasteiger partial charge in [0.2, 0.25) is 0 Å². The summed E-state index contributed by atoms with van der Waals surface area (Å²) < 4.78 is 10.6. The molecule has 12 atom stereocenters. The molecule has 10 nitrogen and oxygen atoms in total. The first-order chi connectivity index (χ1) is 26.6. The minimum absolute atomic E-state index is 0.0389. The Labute approximate surface area is 334 Å². The fourth-order valence-electron chi connectivity index (χ4n) is 13.0. The van der Waals surface area contributed by atoms with E-state index in [9.17, 15) is 33.9 Å². The van der Waals surface area contributed by atoms with Gasteiger partial charge in [-0.3, -0.25) is 28.8 Å². The Balaban J connectivity index is 1.51. The van der Waals surface area contributed by atoms with E-state index in [1.54, 1.807) is 0 Å². The molecule has 5 aliphatic rings. The van der Waals surface area contributed by atoms with Gasteiger partial charge in [0.25, 0.3) is 0 Å². The van der Waals surface area contributed by atoms with E-state index in [4.69, 9.17) is 14.6 Å². The predicted octanol–water partition coefficient (Wildman–Crippen LogP) is 9.57. The SMILES string of the molecule is CCC/C=C/C(CCC(CCCCCCCCC(=O)O)C1C2C(=O)OC(=O)C2CCC2C(CCC3C(C)(C(=O)O)CCCC23C)C1C(C)C)C1CC(=O)OC1=O. The topological polar surface area (TPSA) is 161 Å². The second-order valence-corrected chi connectivity index (χ2v) is 19.2. The van der Waals surface area contributed by atoms with Crippen LogP contribution in [0.4, 0.5) is 0 Å². The van der Waals surface area contributed by atoms with E-state index >= 15 is 0 Å². The van der Waals surface area contributed by atoms with Crippen LogP contribution in [0.25, 0.3) is 0 Å². The van der Waals surface area contributed by atoms with Gasteiger partial charge in [0, 0.05) is 6.42 Å². The monoisotopic (exact) mass is 782 g/mol. The standard InChI is InChI=1S/C46H70O10/c1-6-7-12-16-29(33-27-37(49)55-42(33)51)19-20-30(17-13-10-8-9-11-14-18-36(47)48)39-38(28(2)3)31-22-24-35-45(4,25-15-26-46(35,5)44(53)54)34(31)23-21-32-40(39)43(52)56-41(32)50/h12,16,28-35,38-40H,6-11,13-15,17-27H2,1-5H3,(H,47,48)(H,53,54)/b16-12+. The van der Waals surface area contributed by atoms with Crippen molar-refractivity contribution in [2.45, 2.75) is 163 Å². The summed E-state index contributed by atoms with van der Waals surface area (Å²) in [6, 6.07) is 0. The minimum atomic E-state index is -0.795. The number of hydrogen-bond donors (Lipinski definition) is 2. The van der Waals surface area contributed by atoms with E-state index < -0.39 is 59.0 Å². The number of carbonyl (C=O) groups excluding carboxylic acids is 4. The zero-order valence-electron chi connectivity index (χ0n) is 34.8. The summed E-state index contributed by atoms with van der Waals surface area (Å²) in [7, 11) is 0. The number of allylic oxidation sites excluding steroid dienone is 2. The van der Waals surface area contributed by atoms with Gasteiger partial charge in [-0.2, -0.15) is 0 Å². The maximum atomic E-state index is 14.0. The van der Waals surface area contributed by atoms with Crippen molar-refractivity contribution in [2.75, 3.05) is 0 Å². The van der Waals surface area contributed by atoms with Crippen LogP contribution in [-0.2, 0) is 38.2 Å². The fourth-order valence-corrected chi connectivity index (χ4v) is 13.0. The van der Waals surface area contributed by atoms with Crippen LogP contribution in [0.3, 0.4) is 0 Å². The second-order valence-electron chi connectivity index (χ2n) is 19.2. The molecule has 314 valence electrons. The number of unbranched alkanes of at least 4 members (excludes halogenated alkanes) is 6. The number of ether oxygens (including phenoxy) is 2. The Bertz CT molecular complexity index is 1470. The zero-order valence-corrected chi connectivity index (χ0v) is 34.8. The van der Waals surface area contributed by atoms with Gasteiger partial charge < -0.3 is 19.7 Å². The third kappa shape index (κ3) is 9.46. The van der Waals surface area contributed by atoms with Crippen molar-refractivity contribution < 1.29 is 48.5 Å². The number of fused-ring (bicyclic) bond motifs is 4. The van der Waals surface area contributed by atoms with Gasteiger partial charge in [0.15, 0.2) is 0 Å². The van der Waals surface area contributed by atoms with Crippen molar-refractivity contribution >= 4 is 35.8 Å². The molecule has 0 aromatic heterocycles. The van der Waals surface area contributed by atoms with Crippen LogP contribution in [0, 0.1) is 75.9 Å². The van der Waals surface area contributed by atoms with Crippen molar-refractivity contribution in [2.24, 2.45) is 75.9 Å². The Morgan fingerprint density at radius 1 is 0.821 bits per heavy atom. The van der Waals surface area contributed by atoms with Gasteiger partial charge >= 0.3 is 35.8 Å². The predicted molar refractivity (Wildman–Crippen MR) is 211 cm³/mol. The summed E-state index contributed by atoms with van der Waals surface area (Å²) in [5.74, 6) is -4.32. The van der Waals surface area contributed by atoms with E-state index in [-0.39, 0.29) is 65.6 Å². The van der Waals surface area contributed by atoms with Crippen molar-refractivity contribution in [1.29, 1.82) is 0 Å². The van der Waals surface area contributed by atoms with E-state index in [2.05, 4.69) is 39.8 Å². The zero-order chi connectivity index (χ0) is 40.8. The van der Waals surface area contributed by atoms with Crippen molar-refractivity contribution in [3.05, 3.63) is 12.2 Å². The Morgan fingerprint density at radius 3 is 2.18 bits per heavy atom. The van der Waals surface area contributed by atoms with Crippen LogP contribution >= 0.6 is 0 Å². The summed E-state index contributed by atoms with van der Waals surface area (Å²) in [5.41, 5.74) is -0.997. The molecule has 0 aromatic rings. The molecule has 0 radical (unpaired) electrons. The average molecular weight is 783 g/mol. The van der Waals surface area contributed by atoms with Crippen LogP contribution in [0.1, 0.15) is 163 Å². The van der Waals surface area contributed by atoms with Crippen LogP contribution < -0.4 is 0 Å². The van der Waals surface area contributed by atoms with Gasteiger partial charge in [0.05, 0.1) is 29.6 Å². The maximum absolute atomic E-state index is 14.0. The van der Waals surface area contributed by atoms with E-state index in [1.165, 1.54) is 0 Å². The molecule has 5 fully saturated rings. The minimum Gasteiger partial charge on any atom is -0.481 e. The van der Waals surface area contributed by atoms with E-state index in [0.717, 1.165) is 89.9 Å². The van der Waals surface area contributed by atoms with E-state index in [0.29, 0.717) is 25.7 Å². The first-order valence-electron chi connectivity index (χ1n) is 22.3. The quantitative estimate of drug-likeness (QED) is 0.0559. The molecule has 56 heavy (non-hydrogen) atoms. The summed E-state index contributed by atoms with van der Waals surface area (Å²) in [6.07, 6.45) is 19.5. The number of rotatable bonds is 19. The average Bonchev–Trinajstić information content (AvgIpc) is 3.60. The number of cyclic esters (lactones) is 4. The lowest BCUT2D eigenvalue weighted by Gasteiger charge is -2.62. The molecule has 10 heteroatoms. The van der Waals surface area contributed by atoms with Crippen LogP contribution in [0.5, 0.6) is 0 Å². The van der Waals surface area contributed by atoms with Crippen LogP contribution in [0.2, 0.25) is 0 Å². The molecule has 3 saturated carbocycles.